The van der Waals surface area contributed by atoms with Gasteiger partial charge in [-0.3, -0.25) is 9.69 Å². The van der Waals surface area contributed by atoms with Crippen LogP contribution in [0, 0.1) is 0 Å². The van der Waals surface area contributed by atoms with Gasteiger partial charge < -0.3 is 9.64 Å². The summed E-state index contributed by atoms with van der Waals surface area (Å²) >= 11 is 0. The molecule has 0 aromatic heterocycles. The van der Waals surface area contributed by atoms with E-state index in [1.807, 2.05) is 4.90 Å². The summed E-state index contributed by atoms with van der Waals surface area (Å²) < 4.78 is 5.06. The quantitative estimate of drug-likeness (QED) is 0.674. The Kier molecular flexibility index (Phi) is 3.73. The van der Waals surface area contributed by atoms with E-state index in [1.54, 1.807) is 14.0 Å². The van der Waals surface area contributed by atoms with E-state index in [1.165, 1.54) is 0 Å². The second-order valence-corrected chi connectivity index (χ2v) is 4.87. The number of carbonyl (C=O) groups excluding carboxylic acids is 1. The van der Waals surface area contributed by atoms with Crippen molar-refractivity contribution in [2.24, 2.45) is 0 Å². The molecule has 1 aliphatic rings. The first-order chi connectivity index (χ1) is 6.88. The molecule has 88 valence electrons. The van der Waals surface area contributed by atoms with E-state index in [0.29, 0.717) is 0 Å². The number of carbonyl (C=O) groups is 1. The fraction of sp³-hybridized carbons (Fsp3) is 0.909. The van der Waals surface area contributed by atoms with Crippen molar-refractivity contribution in [3.05, 3.63) is 0 Å². The van der Waals surface area contributed by atoms with Gasteiger partial charge in [-0.15, -0.1) is 0 Å². The molecule has 1 unspecified atom stereocenters. The Morgan fingerprint density at radius 3 is 2.47 bits per heavy atom. The molecule has 0 aromatic carbocycles. The van der Waals surface area contributed by atoms with Gasteiger partial charge in [-0.05, 0) is 27.8 Å². The summed E-state index contributed by atoms with van der Waals surface area (Å²) in [4.78, 5) is 16.1. The number of piperazine rings is 1. The monoisotopic (exact) mass is 214 g/mol. The third-order valence-electron chi connectivity index (χ3n) is 3.33. The Balaban J connectivity index is 2.63. The van der Waals surface area contributed by atoms with Crippen LogP contribution in [0.4, 0.5) is 0 Å². The molecule has 0 N–H and O–H groups in total. The van der Waals surface area contributed by atoms with Crippen LogP contribution in [0.1, 0.15) is 20.8 Å². The standard InChI is InChI=1S/C11H22N2O2/c1-9(15-5)10(14)13-7-6-12(4)11(2,3)8-13/h9H,6-8H2,1-5H3. The Morgan fingerprint density at radius 2 is 2.00 bits per heavy atom. The molecule has 0 radical (unpaired) electrons. The van der Waals surface area contributed by atoms with Crippen molar-refractivity contribution in [3.8, 4) is 0 Å². The summed E-state index contributed by atoms with van der Waals surface area (Å²) in [5, 5.41) is 0. The van der Waals surface area contributed by atoms with Gasteiger partial charge in [0.05, 0.1) is 0 Å². The minimum Gasteiger partial charge on any atom is -0.372 e. The van der Waals surface area contributed by atoms with Crippen molar-refractivity contribution < 1.29 is 9.53 Å². The van der Waals surface area contributed by atoms with Crippen molar-refractivity contribution in [2.45, 2.75) is 32.4 Å². The number of methoxy groups -OCH3 is 1. The molecule has 4 nitrogen and oxygen atoms in total. The largest absolute Gasteiger partial charge is 0.372 e. The van der Waals surface area contributed by atoms with E-state index in [4.69, 9.17) is 4.74 Å². The van der Waals surface area contributed by atoms with E-state index in [2.05, 4.69) is 25.8 Å². The number of ether oxygens (including phenoxy) is 1. The zero-order valence-corrected chi connectivity index (χ0v) is 10.4. The van der Waals surface area contributed by atoms with Crippen LogP contribution in [0.25, 0.3) is 0 Å². The highest BCUT2D eigenvalue weighted by molar-refractivity contribution is 5.80. The number of hydrogen-bond acceptors (Lipinski definition) is 3. The lowest BCUT2D eigenvalue weighted by Gasteiger charge is -2.45. The van der Waals surface area contributed by atoms with Gasteiger partial charge in [0.25, 0.3) is 5.91 Å². The molecule has 1 heterocycles. The smallest absolute Gasteiger partial charge is 0.251 e. The van der Waals surface area contributed by atoms with Crippen molar-refractivity contribution in [3.63, 3.8) is 0 Å². The minimum absolute atomic E-state index is 0.0569. The summed E-state index contributed by atoms with van der Waals surface area (Å²) in [6.07, 6.45) is -0.329. The second kappa shape index (κ2) is 4.49. The number of hydrogen-bond donors (Lipinski definition) is 0. The predicted molar refractivity (Wildman–Crippen MR) is 59.8 cm³/mol. The summed E-state index contributed by atoms with van der Waals surface area (Å²) in [7, 11) is 3.67. The van der Waals surface area contributed by atoms with Crippen molar-refractivity contribution in [1.82, 2.24) is 9.80 Å². The minimum atomic E-state index is -0.329. The van der Waals surface area contributed by atoms with E-state index >= 15 is 0 Å². The Labute approximate surface area is 92.2 Å². The molecule has 0 bridgehead atoms. The Hall–Kier alpha value is -0.610. The van der Waals surface area contributed by atoms with E-state index in [9.17, 15) is 4.79 Å². The molecule has 1 saturated heterocycles. The van der Waals surface area contributed by atoms with Gasteiger partial charge >= 0.3 is 0 Å². The molecular weight excluding hydrogens is 192 g/mol. The third-order valence-corrected chi connectivity index (χ3v) is 3.33. The fourth-order valence-corrected chi connectivity index (χ4v) is 1.79. The van der Waals surface area contributed by atoms with Crippen molar-refractivity contribution >= 4 is 5.91 Å². The highest BCUT2D eigenvalue weighted by Gasteiger charge is 2.34. The molecule has 4 heteroatoms. The van der Waals surface area contributed by atoms with Gasteiger partial charge in [0, 0.05) is 32.3 Å². The lowest BCUT2D eigenvalue weighted by atomic mass is 9.99. The second-order valence-electron chi connectivity index (χ2n) is 4.87. The lowest BCUT2D eigenvalue weighted by molar-refractivity contribution is -0.145. The van der Waals surface area contributed by atoms with Crippen molar-refractivity contribution in [1.29, 1.82) is 0 Å². The van der Waals surface area contributed by atoms with Crippen LogP contribution in [0.3, 0.4) is 0 Å². The summed E-state index contributed by atoms with van der Waals surface area (Å²) in [5.41, 5.74) is 0.0569. The zero-order chi connectivity index (χ0) is 11.6. The number of rotatable bonds is 2. The van der Waals surface area contributed by atoms with Crippen LogP contribution in [0.15, 0.2) is 0 Å². The third kappa shape index (κ3) is 2.69. The molecule has 15 heavy (non-hydrogen) atoms. The van der Waals surface area contributed by atoms with Crippen LogP contribution >= 0.6 is 0 Å². The van der Waals surface area contributed by atoms with Gasteiger partial charge in [-0.2, -0.15) is 0 Å². The van der Waals surface area contributed by atoms with E-state index in [-0.39, 0.29) is 17.6 Å². The van der Waals surface area contributed by atoms with Crippen LogP contribution in [0.5, 0.6) is 0 Å². The normalized spacial score (nSPS) is 23.9. The van der Waals surface area contributed by atoms with Gasteiger partial charge in [-0.25, -0.2) is 0 Å². The van der Waals surface area contributed by atoms with Gasteiger partial charge in [0.2, 0.25) is 0 Å². The maximum absolute atomic E-state index is 11.9. The topological polar surface area (TPSA) is 32.8 Å². The molecule has 1 atom stereocenters. The predicted octanol–water partition coefficient (Wildman–Crippen LogP) is 0.574. The highest BCUT2D eigenvalue weighted by Crippen LogP contribution is 2.19. The van der Waals surface area contributed by atoms with Crippen LogP contribution in [-0.4, -0.2) is 61.1 Å². The Bertz CT molecular complexity index is 241. The zero-order valence-electron chi connectivity index (χ0n) is 10.4. The number of likely N-dealkylation sites (N-methyl/N-ethyl adjacent to an activating group) is 1. The molecule has 1 fully saturated rings. The van der Waals surface area contributed by atoms with E-state index < -0.39 is 0 Å². The van der Waals surface area contributed by atoms with Gasteiger partial charge in [-0.1, -0.05) is 0 Å². The maximum atomic E-state index is 11.9. The molecule has 0 saturated carbocycles. The molecule has 1 rings (SSSR count). The number of amides is 1. The van der Waals surface area contributed by atoms with Gasteiger partial charge in [0.1, 0.15) is 6.10 Å². The fourth-order valence-electron chi connectivity index (χ4n) is 1.79. The molecule has 0 spiro atoms. The average Bonchev–Trinajstić information content (AvgIpc) is 2.19. The molecule has 0 aliphatic carbocycles. The van der Waals surface area contributed by atoms with E-state index in [0.717, 1.165) is 19.6 Å². The highest BCUT2D eigenvalue weighted by atomic mass is 16.5. The maximum Gasteiger partial charge on any atom is 0.251 e. The molecule has 0 aromatic rings. The summed E-state index contributed by atoms with van der Waals surface area (Å²) in [6.45, 7) is 8.61. The van der Waals surface area contributed by atoms with Crippen LogP contribution in [-0.2, 0) is 9.53 Å². The average molecular weight is 214 g/mol. The molecular formula is C11H22N2O2. The lowest BCUT2D eigenvalue weighted by Crippen LogP contribution is -2.60. The van der Waals surface area contributed by atoms with Gasteiger partial charge in [0.15, 0.2) is 0 Å². The first kappa shape index (κ1) is 12.5. The first-order valence-electron chi connectivity index (χ1n) is 5.41. The molecule has 1 aliphatic heterocycles. The first-order valence-corrected chi connectivity index (χ1v) is 5.41. The molecule has 1 amide bonds. The Morgan fingerprint density at radius 1 is 1.40 bits per heavy atom. The van der Waals surface area contributed by atoms with Crippen molar-refractivity contribution in [2.75, 3.05) is 33.8 Å². The summed E-state index contributed by atoms with van der Waals surface area (Å²) in [5.74, 6) is 0.0960. The SMILES string of the molecule is COC(C)C(=O)N1CCN(C)C(C)(C)C1. The number of nitrogens with zero attached hydrogens (tertiary/aromatic N) is 2. The van der Waals surface area contributed by atoms with Crippen LogP contribution in [0.2, 0.25) is 0 Å². The summed E-state index contributed by atoms with van der Waals surface area (Å²) in [6, 6.07) is 0. The van der Waals surface area contributed by atoms with Crippen LogP contribution < -0.4 is 0 Å².